The summed E-state index contributed by atoms with van der Waals surface area (Å²) in [5.74, 6) is -0.173. The molecule has 13 heteroatoms. The van der Waals surface area contributed by atoms with Gasteiger partial charge in [0.15, 0.2) is 6.17 Å². The number of hydrogen-bond acceptors (Lipinski definition) is 6. The van der Waals surface area contributed by atoms with Crippen LogP contribution in [-0.4, -0.2) is 86.1 Å². The third kappa shape index (κ3) is 7.69. The van der Waals surface area contributed by atoms with Gasteiger partial charge in [-0.1, -0.05) is 45.6 Å². The molecule has 2 aromatic carbocycles. The molecule has 1 aromatic heterocycles. The van der Waals surface area contributed by atoms with Crippen molar-refractivity contribution in [1.82, 2.24) is 19.6 Å². The van der Waals surface area contributed by atoms with Crippen molar-refractivity contribution >= 4 is 19.7 Å². The molecule has 2 atom stereocenters. The van der Waals surface area contributed by atoms with Crippen molar-refractivity contribution in [2.75, 3.05) is 51.4 Å². The number of anilines is 1. The lowest BCUT2D eigenvalue weighted by Gasteiger charge is -2.44. The molecule has 0 N–H and O–H groups in total. The summed E-state index contributed by atoms with van der Waals surface area (Å²) >= 11 is 0. The molecule has 8 nitrogen and oxygen atoms in total. The number of likely N-dealkylation sites (N-methyl/N-ethyl adjacent to an activating group) is 1. The highest BCUT2D eigenvalue weighted by atomic mass is 28.3. The number of rotatable bonds is 12. The second-order valence-corrected chi connectivity index (χ2v) is 21.8. The molecule has 278 valence electrons. The molecule has 1 amide bonds. The third-order valence-corrected chi connectivity index (χ3v) is 12.5. The van der Waals surface area contributed by atoms with Crippen LogP contribution in [0.3, 0.4) is 0 Å². The predicted octanol–water partition coefficient (Wildman–Crippen LogP) is 7.43. The maximum absolute atomic E-state index is 16.9. The number of halogens is 4. The van der Waals surface area contributed by atoms with E-state index in [-0.39, 0.29) is 43.7 Å². The van der Waals surface area contributed by atoms with Gasteiger partial charge in [-0.25, -0.2) is 9.07 Å². The molecular weight excluding hydrogens is 679 g/mol. The van der Waals surface area contributed by atoms with E-state index < -0.39 is 37.3 Å². The largest absolute Gasteiger partial charge is 0.416 e. The first-order valence-corrected chi connectivity index (χ1v) is 21.6. The minimum Gasteiger partial charge on any atom is -0.379 e. The van der Waals surface area contributed by atoms with E-state index in [1.807, 2.05) is 6.92 Å². The Kier molecular flexibility index (Phi) is 10.6. The first kappa shape index (κ1) is 37.6. The van der Waals surface area contributed by atoms with Gasteiger partial charge in [0.2, 0.25) is 0 Å². The first-order chi connectivity index (χ1) is 24.0. The Hall–Kier alpha value is -3.10. The van der Waals surface area contributed by atoms with Crippen LogP contribution in [0.1, 0.15) is 63.9 Å². The number of piperazine rings is 1. The fourth-order valence-electron chi connectivity index (χ4n) is 7.55. The van der Waals surface area contributed by atoms with E-state index in [0.29, 0.717) is 47.1 Å². The molecule has 0 aliphatic carbocycles. The lowest BCUT2D eigenvalue weighted by Crippen LogP contribution is -2.53. The number of benzene rings is 2. The minimum absolute atomic E-state index is 0.0286. The summed E-state index contributed by atoms with van der Waals surface area (Å²) in [6.07, 6.45) is -4.50. The zero-order valence-electron chi connectivity index (χ0n) is 30.8. The van der Waals surface area contributed by atoms with Crippen LogP contribution in [-0.2, 0) is 40.9 Å². The van der Waals surface area contributed by atoms with E-state index in [9.17, 15) is 18.0 Å². The molecule has 2 saturated heterocycles. The molecular formula is C38H51F4N5O3Si. The summed E-state index contributed by atoms with van der Waals surface area (Å²) in [6.45, 7) is 16.3. The van der Waals surface area contributed by atoms with E-state index in [2.05, 4.69) is 55.4 Å². The Labute approximate surface area is 299 Å². The van der Waals surface area contributed by atoms with Crippen LogP contribution in [0.25, 0.3) is 0 Å². The van der Waals surface area contributed by atoms with E-state index >= 15 is 4.39 Å². The quantitative estimate of drug-likeness (QED) is 0.110. The Bertz CT molecular complexity index is 1730. The number of aromatic nitrogens is 2. The summed E-state index contributed by atoms with van der Waals surface area (Å²) in [6, 6.07) is 11.0. The van der Waals surface area contributed by atoms with Gasteiger partial charge in [-0.15, -0.1) is 0 Å². The average Bonchev–Trinajstić information content (AvgIpc) is 3.57. The average molecular weight is 730 g/mol. The van der Waals surface area contributed by atoms with Gasteiger partial charge in [0.05, 0.1) is 42.6 Å². The Balaban J connectivity index is 1.27. The van der Waals surface area contributed by atoms with Gasteiger partial charge in [-0.2, -0.15) is 18.3 Å². The number of nitrogens with zero attached hydrogens (tertiary/aromatic N) is 5. The maximum atomic E-state index is 16.9. The van der Waals surface area contributed by atoms with Crippen LogP contribution in [0.5, 0.6) is 0 Å². The normalized spacial score (nSPS) is 20.6. The summed E-state index contributed by atoms with van der Waals surface area (Å²) < 4.78 is 73.8. The van der Waals surface area contributed by atoms with Crippen molar-refractivity contribution in [3.8, 4) is 0 Å². The highest BCUT2D eigenvalue weighted by Gasteiger charge is 2.51. The summed E-state index contributed by atoms with van der Waals surface area (Å²) in [4.78, 5) is 19.8. The van der Waals surface area contributed by atoms with Crippen molar-refractivity contribution in [2.45, 2.75) is 90.1 Å². The number of carbonyl (C=O) groups excluding carboxylic acids is 1. The van der Waals surface area contributed by atoms with E-state index in [4.69, 9.17) is 9.47 Å². The Morgan fingerprint density at radius 2 is 1.86 bits per heavy atom. The number of alkyl halides is 4. The SMILES string of the molecule is Cc1cnn(COCC[Si](C)(C)C)c1C(F)C1(c2cccc(N3Cc4c(cc(CN5CCN(C)CC5C(C)C)cc4C(F)(F)F)C3=O)c2)COC1. The topological polar surface area (TPSA) is 63.1 Å². The summed E-state index contributed by atoms with van der Waals surface area (Å²) in [5.41, 5.74) is 0.800. The van der Waals surface area contributed by atoms with Gasteiger partial charge >= 0.3 is 6.18 Å². The van der Waals surface area contributed by atoms with Crippen LogP contribution < -0.4 is 4.90 Å². The van der Waals surface area contributed by atoms with Crippen LogP contribution in [0, 0.1) is 12.8 Å². The number of carbonyl (C=O) groups is 1. The Morgan fingerprint density at radius 3 is 2.51 bits per heavy atom. The standard InChI is InChI=1S/C38H51F4N5O3Si/c1-25(2)33-21-44(4)11-12-45(33)19-27-15-30-31(32(16-27)38(40,41)42)20-46(36(30)48)29-10-8-9-28(17-29)37(22-50-23-37)35(39)34-26(3)18-43-47(34)24-49-13-14-51(5,6)7/h8-10,15-18,25,33,35H,11-14,19-24H2,1-7H3. The molecule has 0 spiro atoms. The highest BCUT2D eigenvalue weighted by Crippen LogP contribution is 2.48. The molecule has 2 unspecified atom stereocenters. The molecule has 0 saturated carbocycles. The highest BCUT2D eigenvalue weighted by molar-refractivity contribution is 6.76. The predicted molar refractivity (Wildman–Crippen MR) is 192 cm³/mol. The summed E-state index contributed by atoms with van der Waals surface area (Å²) in [7, 11) is 0.753. The second kappa shape index (κ2) is 14.4. The molecule has 3 aromatic rings. The van der Waals surface area contributed by atoms with Crippen molar-refractivity contribution in [2.24, 2.45) is 5.92 Å². The number of aryl methyl sites for hydroxylation is 1. The number of ether oxygens (including phenoxy) is 2. The van der Waals surface area contributed by atoms with E-state index in [1.54, 1.807) is 41.2 Å². The molecule has 3 aliphatic heterocycles. The molecule has 4 heterocycles. The van der Waals surface area contributed by atoms with Crippen molar-refractivity contribution < 1.29 is 31.8 Å². The molecule has 0 bridgehead atoms. The molecule has 0 radical (unpaired) electrons. The van der Waals surface area contributed by atoms with Gasteiger partial charge in [-0.3, -0.25) is 9.69 Å². The fourth-order valence-corrected chi connectivity index (χ4v) is 8.31. The zero-order chi connectivity index (χ0) is 36.9. The van der Waals surface area contributed by atoms with Gasteiger partial charge < -0.3 is 19.3 Å². The molecule has 6 rings (SSSR count). The first-order valence-electron chi connectivity index (χ1n) is 17.9. The number of fused-ring (bicyclic) bond motifs is 1. The lowest BCUT2D eigenvalue weighted by molar-refractivity contribution is -0.138. The van der Waals surface area contributed by atoms with E-state index in [0.717, 1.165) is 25.7 Å². The van der Waals surface area contributed by atoms with Crippen LogP contribution in [0.2, 0.25) is 25.7 Å². The smallest absolute Gasteiger partial charge is 0.379 e. The van der Waals surface area contributed by atoms with Crippen LogP contribution >= 0.6 is 0 Å². The van der Waals surface area contributed by atoms with Crippen molar-refractivity contribution in [3.63, 3.8) is 0 Å². The van der Waals surface area contributed by atoms with E-state index in [1.165, 1.54) is 11.0 Å². The number of amides is 1. The second-order valence-electron chi connectivity index (χ2n) is 16.2. The minimum atomic E-state index is -4.63. The molecule has 51 heavy (non-hydrogen) atoms. The van der Waals surface area contributed by atoms with Crippen molar-refractivity contribution in [3.05, 3.63) is 81.7 Å². The maximum Gasteiger partial charge on any atom is 0.416 e. The monoisotopic (exact) mass is 729 g/mol. The molecule has 3 aliphatic rings. The van der Waals surface area contributed by atoms with Crippen molar-refractivity contribution in [1.29, 1.82) is 0 Å². The zero-order valence-corrected chi connectivity index (χ0v) is 31.8. The molecule has 2 fully saturated rings. The van der Waals surface area contributed by atoms with Crippen LogP contribution in [0.15, 0.2) is 42.6 Å². The summed E-state index contributed by atoms with van der Waals surface area (Å²) in [5, 5.41) is 4.41. The van der Waals surface area contributed by atoms with Gasteiger partial charge in [-0.05, 0) is 72.5 Å². The third-order valence-electron chi connectivity index (χ3n) is 10.8. The van der Waals surface area contributed by atoms with Gasteiger partial charge in [0, 0.05) is 58.2 Å². The van der Waals surface area contributed by atoms with Gasteiger partial charge in [0.25, 0.3) is 5.91 Å². The number of hydrogen-bond donors (Lipinski definition) is 0. The van der Waals surface area contributed by atoms with Crippen LogP contribution in [0.4, 0.5) is 23.2 Å². The lowest BCUT2D eigenvalue weighted by atomic mass is 9.73. The Morgan fingerprint density at radius 1 is 1.12 bits per heavy atom. The van der Waals surface area contributed by atoms with Gasteiger partial charge in [0.1, 0.15) is 6.73 Å². The fraction of sp³-hybridized carbons (Fsp3) is 0.579.